The summed E-state index contributed by atoms with van der Waals surface area (Å²) in [7, 11) is 0. The Morgan fingerprint density at radius 1 is 0.879 bits per heavy atom. The summed E-state index contributed by atoms with van der Waals surface area (Å²) in [6.45, 7) is 3.77. The number of nitrogens with one attached hydrogen (secondary N) is 3. The van der Waals surface area contributed by atoms with E-state index in [1.807, 2.05) is 42.5 Å². The van der Waals surface area contributed by atoms with Gasteiger partial charge in [-0.3, -0.25) is 4.79 Å². The van der Waals surface area contributed by atoms with Crippen LogP contribution >= 0.6 is 0 Å². The van der Waals surface area contributed by atoms with Crippen molar-refractivity contribution in [2.45, 2.75) is 12.2 Å². The van der Waals surface area contributed by atoms with Crippen molar-refractivity contribution in [2.24, 2.45) is 5.92 Å². The summed E-state index contributed by atoms with van der Waals surface area (Å²) >= 11 is 0. The zero-order valence-corrected chi connectivity index (χ0v) is 17.3. The first kappa shape index (κ1) is 22.1. The van der Waals surface area contributed by atoms with Crippen LogP contribution in [-0.2, 0) is 11.0 Å². The van der Waals surface area contributed by atoms with E-state index < -0.39 is 35.6 Å². The van der Waals surface area contributed by atoms with Crippen molar-refractivity contribution in [2.75, 3.05) is 5.32 Å². The Labute approximate surface area is 188 Å². The normalized spacial score (nSPS) is 18.3. The van der Waals surface area contributed by atoms with Gasteiger partial charge in [-0.1, -0.05) is 73.3 Å². The maximum Gasteiger partial charge on any atom is 0.418 e. The standard InChI is InChI=1S/C25H20F3N3O2/c1-15-21(23(32)30-20-10-6-5-9-19(20)25(26,27)28)22(31-24(33)29-15)18-13-11-17(12-14-18)16-7-3-2-4-8-16/h2-14,21-22H,1H2,(H,30,32)(H2,29,31,33)/t21-,22-/m0/s1. The van der Waals surface area contributed by atoms with Gasteiger partial charge in [-0.2, -0.15) is 13.2 Å². The molecule has 3 amide bonds. The molecule has 0 bridgehead atoms. The smallest absolute Gasteiger partial charge is 0.330 e. The zero-order valence-electron chi connectivity index (χ0n) is 17.3. The molecule has 5 nitrogen and oxygen atoms in total. The molecule has 1 aliphatic heterocycles. The molecule has 4 rings (SSSR count). The predicted molar refractivity (Wildman–Crippen MR) is 119 cm³/mol. The third-order valence-electron chi connectivity index (χ3n) is 5.42. The first-order chi connectivity index (χ1) is 15.7. The Hall–Kier alpha value is -4.07. The van der Waals surface area contributed by atoms with Crippen LogP contribution in [0, 0.1) is 5.92 Å². The number of rotatable bonds is 4. The molecule has 2 atom stereocenters. The van der Waals surface area contributed by atoms with Crippen LogP contribution in [0.15, 0.2) is 91.1 Å². The lowest BCUT2D eigenvalue weighted by Gasteiger charge is -2.34. The van der Waals surface area contributed by atoms with Crippen LogP contribution < -0.4 is 16.0 Å². The third kappa shape index (κ3) is 4.74. The maximum atomic E-state index is 13.4. The Balaban J connectivity index is 1.63. The second-order valence-electron chi connectivity index (χ2n) is 7.60. The summed E-state index contributed by atoms with van der Waals surface area (Å²) in [5.41, 5.74) is 1.34. The van der Waals surface area contributed by atoms with E-state index in [1.54, 1.807) is 12.1 Å². The summed E-state index contributed by atoms with van der Waals surface area (Å²) in [4.78, 5) is 25.2. The highest BCUT2D eigenvalue weighted by Gasteiger charge is 2.39. The molecule has 0 spiro atoms. The molecule has 1 aliphatic rings. The van der Waals surface area contributed by atoms with Crippen molar-refractivity contribution in [3.05, 3.63) is 102 Å². The van der Waals surface area contributed by atoms with Crippen LogP contribution in [0.4, 0.5) is 23.7 Å². The summed E-state index contributed by atoms with van der Waals surface area (Å²) < 4.78 is 40.1. The monoisotopic (exact) mass is 451 g/mol. The number of para-hydroxylation sites is 1. The van der Waals surface area contributed by atoms with Crippen LogP contribution in [0.3, 0.4) is 0 Å². The van der Waals surface area contributed by atoms with Crippen molar-refractivity contribution in [3.8, 4) is 11.1 Å². The molecule has 1 heterocycles. The van der Waals surface area contributed by atoms with E-state index in [-0.39, 0.29) is 11.4 Å². The second-order valence-corrected chi connectivity index (χ2v) is 7.60. The van der Waals surface area contributed by atoms with Crippen LogP contribution in [0.2, 0.25) is 0 Å². The number of carbonyl (C=O) groups excluding carboxylic acids is 2. The number of anilines is 1. The fourth-order valence-electron chi connectivity index (χ4n) is 3.83. The number of halogens is 3. The van der Waals surface area contributed by atoms with Gasteiger partial charge in [-0.15, -0.1) is 0 Å². The lowest BCUT2D eigenvalue weighted by Crippen LogP contribution is -2.51. The van der Waals surface area contributed by atoms with E-state index in [9.17, 15) is 22.8 Å². The maximum absolute atomic E-state index is 13.4. The van der Waals surface area contributed by atoms with E-state index in [2.05, 4.69) is 22.5 Å². The molecular formula is C25H20F3N3O2. The van der Waals surface area contributed by atoms with Crippen LogP contribution in [0.25, 0.3) is 11.1 Å². The molecule has 0 unspecified atom stereocenters. The molecule has 0 aliphatic carbocycles. The molecule has 3 aromatic rings. The summed E-state index contributed by atoms with van der Waals surface area (Å²) in [6.07, 6.45) is -4.63. The van der Waals surface area contributed by atoms with Gasteiger partial charge in [-0.05, 0) is 28.8 Å². The highest BCUT2D eigenvalue weighted by atomic mass is 19.4. The Bertz CT molecular complexity index is 1190. The molecule has 3 aromatic carbocycles. The van der Waals surface area contributed by atoms with E-state index >= 15 is 0 Å². The van der Waals surface area contributed by atoms with Gasteiger partial charge < -0.3 is 16.0 Å². The highest BCUT2D eigenvalue weighted by molar-refractivity contribution is 5.97. The number of hydrogen-bond donors (Lipinski definition) is 3. The quantitative estimate of drug-likeness (QED) is 0.491. The molecule has 8 heteroatoms. The minimum absolute atomic E-state index is 0.0953. The molecule has 1 saturated heterocycles. The van der Waals surface area contributed by atoms with Gasteiger partial charge in [-0.25, -0.2) is 4.79 Å². The number of benzene rings is 3. The number of hydrogen-bond acceptors (Lipinski definition) is 2. The largest absolute Gasteiger partial charge is 0.418 e. The van der Waals surface area contributed by atoms with E-state index in [0.29, 0.717) is 5.56 Å². The molecule has 3 N–H and O–H groups in total. The fourth-order valence-corrected chi connectivity index (χ4v) is 3.83. The van der Waals surface area contributed by atoms with Gasteiger partial charge in [0.15, 0.2) is 0 Å². The van der Waals surface area contributed by atoms with Crippen LogP contribution in [0.5, 0.6) is 0 Å². The average Bonchev–Trinajstić information content (AvgIpc) is 2.79. The van der Waals surface area contributed by atoms with Gasteiger partial charge in [0.05, 0.1) is 17.3 Å². The number of alkyl halides is 3. The van der Waals surface area contributed by atoms with Crippen LogP contribution in [0.1, 0.15) is 17.2 Å². The van der Waals surface area contributed by atoms with Gasteiger partial charge in [0.2, 0.25) is 5.91 Å². The minimum atomic E-state index is -4.63. The molecule has 0 saturated carbocycles. The fraction of sp³-hybridized carbons (Fsp3) is 0.120. The Morgan fingerprint density at radius 2 is 1.48 bits per heavy atom. The lowest BCUT2D eigenvalue weighted by molar-refractivity contribution is -0.137. The van der Waals surface area contributed by atoms with Crippen molar-refractivity contribution < 1.29 is 22.8 Å². The molecule has 0 aromatic heterocycles. The van der Waals surface area contributed by atoms with Gasteiger partial charge in [0.25, 0.3) is 0 Å². The topological polar surface area (TPSA) is 70.2 Å². The average molecular weight is 451 g/mol. The number of carbonyl (C=O) groups is 2. The van der Waals surface area contributed by atoms with Crippen LogP contribution in [-0.4, -0.2) is 11.9 Å². The van der Waals surface area contributed by atoms with Crippen molar-refractivity contribution in [3.63, 3.8) is 0 Å². The number of amides is 3. The molecule has 0 radical (unpaired) electrons. The Kier molecular flexibility index (Phi) is 5.91. The molecule has 1 fully saturated rings. The summed E-state index contributed by atoms with van der Waals surface area (Å²) in [5, 5.41) is 7.50. The first-order valence-corrected chi connectivity index (χ1v) is 10.1. The summed E-state index contributed by atoms with van der Waals surface area (Å²) in [5.74, 6) is -1.76. The third-order valence-corrected chi connectivity index (χ3v) is 5.42. The molecular weight excluding hydrogens is 431 g/mol. The SMILES string of the molecule is C=C1NC(=O)N[C@@H](c2ccc(-c3ccccc3)cc2)[C@H]1C(=O)Nc1ccccc1C(F)(F)F. The van der Waals surface area contributed by atoms with E-state index in [0.717, 1.165) is 17.2 Å². The van der Waals surface area contributed by atoms with Crippen molar-refractivity contribution in [1.82, 2.24) is 10.6 Å². The molecule has 33 heavy (non-hydrogen) atoms. The summed E-state index contributed by atoms with van der Waals surface area (Å²) in [6, 6.07) is 20.3. The minimum Gasteiger partial charge on any atom is -0.330 e. The lowest BCUT2D eigenvalue weighted by atomic mass is 9.87. The van der Waals surface area contributed by atoms with E-state index in [4.69, 9.17) is 0 Å². The Morgan fingerprint density at radius 3 is 2.15 bits per heavy atom. The van der Waals surface area contributed by atoms with Gasteiger partial charge >= 0.3 is 12.2 Å². The van der Waals surface area contributed by atoms with Crippen molar-refractivity contribution in [1.29, 1.82) is 0 Å². The van der Waals surface area contributed by atoms with Gasteiger partial charge in [0, 0.05) is 5.70 Å². The highest BCUT2D eigenvalue weighted by Crippen LogP contribution is 2.36. The van der Waals surface area contributed by atoms with E-state index in [1.165, 1.54) is 18.2 Å². The van der Waals surface area contributed by atoms with Crippen molar-refractivity contribution >= 4 is 17.6 Å². The second kappa shape index (κ2) is 8.82. The molecule has 168 valence electrons. The zero-order chi connectivity index (χ0) is 23.6. The number of urea groups is 1. The first-order valence-electron chi connectivity index (χ1n) is 10.1. The predicted octanol–water partition coefficient (Wildman–Crippen LogP) is 5.49. The van der Waals surface area contributed by atoms with Gasteiger partial charge in [0.1, 0.15) is 5.92 Å².